The Morgan fingerprint density at radius 1 is 0.864 bits per heavy atom. The predicted octanol–water partition coefficient (Wildman–Crippen LogP) is 1.95. The van der Waals surface area contributed by atoms with E-state index in [1.54, 1.807) is 0 Å². The third-order valence-corrected chi connectivity index (χ3v) is 3.75. The molecule has 0 aliphatic carbocycles. The van der Waals surface area contributed by atoms with Crippen molar-refractivity contribution in [2.45, 2.75) is 52.4 Å². The topological polar surface area (TPSA) is 98.7 Å². The number of carbonyl (C=O) groups is 2. The van der Waals surface area contributed by atoms with E-state index in [0.29, 0.717) is 24.7 Å². The van der Waals surface area contributed by atoms with Gasteiger partial charge in [-0.1, -0.05) is 26.7 Å². The Morgan fingerprint density at radius 2 is 1.23 bits per heavy atom. The minimum atomic E-state index is -0.677. The molecule has 2 saturated heterocycles. The highest BCUT2D eigenvalue weighted by atomic mass is 16.4. The molecule has 22 heavy (non-hydrogen) atoms. The molecule has 2 rings (SSSR count). The van der Waals surface area contributed by atoms with Crippen LogP contribution in [0, 0.1) is 11.8 Å². The van der Waals surface area contributed by atoms with E-state index in [2.05, 4.69) is 24.5 Å². The number of hydrogen-bond acceptors (Lipinski definition) is 4. The first-order valence-electron chi connectivity index (χ1n) is 8.34. The van der Waals surface area contributed by atoms with Gasteiger partial charge in [-0.25, -0.2) is 0 Å². The third-order valence-electron chi connectivity index (χ3n) is 3.75. The van der Waals surface area contributed by atoms with Crippen LogP contribution in [0.4, 0.5) is 0 Å². The molecule has 0 aromatic heterocycles. The molecule has 0 bridgehead atoms. The zero-order valence-electron chi connectivity index (χ0n) is 13.9. The summed E-state index contributed by atoms with van der Waals surface area (Å²) in [5.41, 5.74) is 0. The van der Waals surface area contributed by atoms with Gasteiger partial charge in [0.1, 0.15) is 0 Å². The highest BCUT2D eigenvalue weighted by Crippen LogP contribution is 2.11. The van der Waals surface area contributed by atoms with Crippen LogP contribution >= 0.6 is 0 Å². The van der Waals surface area contributed by atoms with Crippen LogP contribution in [0.3, 0.4) is 0 Å². The molecule has 0 aromatic rings. The number of unbranched alkanes of at least 4 members (excludes halogenated alkanes) is 1. The Morgan fingerprint density at radius 3 is 1.41 bits per heavy atom. The average Bonchev–Trinajstić information content (AvgIpc) is 3.12. The fraction of sp³-hybridized carbons (Fsp3) is 0.875. The van der Waals surface area contributed by atoms with Gasteiger partial charge >= 0.3 is 11.9 Å². The molecule has 0 radical (unpaired) electrons. The van der Waals surface area contributed by atoms with Gasteiger partial charge in [0.25, 0.3) is 0 Å². The van der Waals surface area contributed by atoms with E-state index < -0.39 is 11.9 Å². The van der Waals surface area contributed by atoms with E-state index in [0.717, 1.165) is 39.0 Å². The summed E-state index contributed by atoms with van der Waals surface area (Å²) in [4.78, 5) is 20.3. The molecule has 6 heteroatoms. The molecule has 2 fully saturated rings. The molecule has 2 unspecified atom stereocenters. The maximum atomic E-state index is 10.1. The lowest BCUT2D eigenvalue weighted by Gasteiger charge is -2.00. The number of carboxylic acids is 2. The molecular weight excluding hydrogens is 284 g/mol. The molecule has 0 saturated carbocycles. The second kappa shape index (κ2) is 13.5. The maximum Gasteiger partial charge on any atom is 0.303 e. The summed E-state index contributed by atoms with van der Waals surface area (Å²) in [6.07, 6.45) is 5.33. The van der Waals surface area contributed by atoms with Gasteiger partial charge in [-0.2, -0.15) is 0 Å². The van der Waals surface area contributed by atoms with Gasteiger partial charge in [0, 0.05) is 12.8 Å². The number of rotatable bonds is 5. The molecule has 6 nitrogen and oxygen atoms in total. The van der Waals surface area contributed by atoms with E-state index in [-0.39, 0.29) is 0 Å². The first kappa shape index (κ1) is 20.9. The Bertz CT molecular complexity index is 269. The maximum absolute atomic E-state index is 10.1. The van der Waals surface area contributed by atoms with E-state index in [1.165, 1.54) is 12.8 Å². The van der Waals surface area contributed by atoms with Crippen molar-refractivity contribution in [3.63, 3.8) is 0 Å². The smallest absolute Gasteiger partial charge is 0.303 e. The summed E-state index contributed by atoms with van der Waals surface area (Å²) < 4.78 is 0. The van der Waals surface area contributed by atoms with Crippen LogP contribution in [0.5, 0.6) is 0 Å². The standard InChI is InChI=1S/2C6H11NO2.C4H10/c2*8-6(9)3-5-1-2-7-4-5;1-3-4-2/h2*5,7H,1-4H2,(H,8,9);3-4H2,1-2H3. The van der Waals surface area contributed by atoms with Gasteiger partial charge < -0.3 is 20.8 Å². The van der Waals surface area contributed by atoms with Gasteiger partial charge in [-0.05, 0) is 50.9 Å². The van der Waals surface area contributed by atoms with Crippen molar-refractivity contribution < 1.29 is 19.8 Å². The Hall–Kier alpha value is -1.14. The fourth-order valence-electron chi connectivity index (χ4n) is 2.27. The number of carboxylic acid groups (broad SMARTS) is 2. The van der Waals surface area contributed by atoms with Gasteiger partial charge in [-0.3, -0.25) is 9.59 Å². The summed E-state index contributed by atoms with van der Waals surface area (Å²) in [6, 6.07) is 0. The first-order chi connectivity index (χ1) is 10.5. The lowest BCUT2D eigenvalue weighted by molar-refractivity contribution is -0.139. The van der Waals surface area contributed by atoms with Crippen molar-refractivity contribution in [3.8, 4) is 0 Å². The van der Waals surface area contributed by atoms with Crippen molar-refractivity contribution in [1.82, 2.24) is 10.6 Å². The van der Waals surface area contributed by atoms with Gasteiger partial charge in [0.2, 0.25) is 0 Å². The monoisotopic (exact) mass is 316 g/mol. The zero-order chi connectivity index (χ0) is 16.8. The lowest BCUT2D eigenvalue weighted by atomic mass is 10.1. The minimum absolute atomic E-state index is 0.326. The van der Waals surface area contributed by atoms with Crippen LogP contribution in [-0.4, -0.2) is 48.3 Å². The van der Waals surface area contributed by atoms with Crippen molar-refractivity contribution in [3.05, 3.63) is 0 Å². The number of aliphatic carboxylic acids is 2. The van der Waals surface area contributed by atoms with Crippen LogP contribution in [0.25, 0.3) is 0 Å². The molecule has 2 aliphatic heterocycles. The fourth-order valence-corrected chi connectivity index (χ4v) is 2.27. The summed E-state index contributed by atoms with van der Waals surface area (Å²) in [5.74, 6) is -0.600. The number of hydrogen-bond donors (Lipinski definition) is 4. The zero-order valence-corrected chi connectivity index (χ0v) is 13.9. The number of nitrogens with one attached hydrogen (secondary N) is 2. The van der Waals surface area contributed by atoms with Gasteiger partial charge in [0.05, 0.1) is 0 Å². The van der Waals surface area contributed by atoms with Crippen molar-refractivity contribution in [2.75, 3.05) is 26.2 Å². The van der Waals surface area contributed by atoms with E-state index >= 15 is 0 Å². The van der Waals surface area contributed by atoms with Crippen LogP contribution in [-0.2, 0) is 9.59 Å². The van der Waals surface area contributed by atoms with E-state index in [4.69, 9.17) is 10.2 Å². The Kier molecular flexibility index (Phi) is 12.8. The van der Waals surface area contributed by atoms with E-state index in [9.17, 15) is 9.59 Å². The van der Waals surface area contributed by atoms with Crippen LogP contribution in [0.15, 0.2) is 0 Å². The second-order valence-corrected chi connectivity index (χ2v) is 5.91. The molecule has 4 N–H and O–H groups in total. The highest BCUT2D eigenvalue weighted by Gasteiger charge is 2.17. The lowest BCUT2D eigenvalue weighted by Crippen LogP contribution is -2.11. The Labute approximate surface area is 133 Å². The molecule has 2 atom stereocenters. The van der Waals surface area contributed by atoms with Crippen LogP contribution < -0.4 is 10.6 Å². The minimum Gasteiger partial charge on any atom is -0.481 e. The van der Waals surface area contributed by atoms with E-state index in [1.807, 2.05) is 0 Å². The largest absolute Gasteiger partial charge is 0.481 e. The molecule has 0 aromatic carbocycles. The summed E-state index contributed by atoms with van der Waals surface area (Å²) in [7, 11) is 0. The molecule has 0 amide bonds. The SMILES string of the molecule is CCCC.O=C(O)CC1CCNC1.O=C(O)CC1CCNC1. The normalized spacial score (nSPS) is 23.0. The van der Waals surface area contributed by atoms with Crippen LogP contribution in [0.2, 0.25) is 0 Å². The second-order valence-electron chi connectivity index (χ2n) is 5.91. The first-order valence-corrected chi connectivity index (χ1v) is 8.34. The molecule has 130 valence electrons. The highest BCUT2D eigenvalue weighted by molar-refractivity contribution is 5.67. The quantitative estimate of drug-likeness (QED) is 0.619. The van der Waals surface area contributed by atoms with Crippen molar-refractivity contribution in [1.29, 1.82) is 0 Å². The summed E-state index contributed by atoms with van der Waals surface area (Å²) in [6.45, 7) is 8.09. The third kappa shape index (κ3) is 12.6. The molecule has 0 spiro atoms. The van der Waals surface area contributed by atoms with Gasteiger partial charge in [0.15, 0.2) is 0 Å². The summed E-state index contributed by atoms with van der Waals surface area (Å²) >= 11 is 0. The molecule has 2 aliphatic rings. The summed E-state index contributed by atoms with van der Waals surface area (Å²) in [5, 5.41) is 22.9. The van der Waals surface area contributed by atoms with Crippen molar-refractivity contribution in [2.24, 2.45) is 11.8 Å². The Balaban J connectivity index is 0.000000326. The average molecular weight is 316 g/mol. The predicted molar refractivity (Wildman–Crippen MR) is 87.0 cm³/mol. The van der Waals surface area contributed by atoms with Gasteiger partial charge in [-0.15, -0.1) is 0 Å². The van der Waals surface area contributed by atoms with Crippen LogP contribution in [0.1, 0.15) is 52.4 Å². The molecule has 2 heterocycles. The molecular formula is C16H32N2O4. The van der Waals surface area contributed by atoms with Crippen molar-refractivity contribution >= 4 is 11.9 Å².